The first-order valence-corrected chi connectivity index (χ1v) is 9.37. The first-order valence-electron chi connectivity index (χ1n) is 7.08. The Balaban J connectivity index is 1.68. The van der Waals surface area contributed by atoms with E-state index in [4.69, 9.17) is 34.8 Å². The van der Waals surface area contributed by atoms with Crippen LogP contribution in [0.3, 0.4) is 0 Å². The molecule has 0 saturated heterocycles. The van der Waals surface area contributed by atoms with Gasteiger partial charge in [0.1, 0.15) is 0 Å². The summed E-state index contributed by atoms with van der Waals surface area (Å²) in [5.74, 6) is 1.65. The van der Waals surface area contributed by atoms with Gasteiger partial charge in [0.2, 0.25) is 5.91 Å². The van der Waals surface area contributed by atoms with Gasteiger partial charge in [-0.1, -0.05) is 53.0 Å². The van der Waals surface area contributed by atoms with Crippen LogP contribution in [-0.2, 0) is 17.0 Å². The lowest BCUT2D eigenvalue weighted by Gasteiger charge is -2.08. The summed E-state index contributed by atoms with van der Waals surface area (Å²) in [5.41, 5.74) is 1.88. The zero-order valence-electron chi connectivity index (χ0n) is 12.3. The van der Waals surface area contributed by atoms with Crippen LogP contribution in [0.25, 0.3) is 0 Å². The van der Waals surface area contributed by atoms with Gasteiger partial charge in [0.05, 0.1) is 6.42 Å². The Hall–Kier alpha value is -0.870. The molecule has 0 spiro atoms. The molecular weight excluding hydrogens is 373 g/mol. The van der Waals surface area contributed by atoms with E-state index in [1.807, 2.05) is 24.3 Å². The summed E-state index contributed by atoms with van der Waals surface area (Å²) in [4.78, 5) is 11.9. The van der Waals surface area contributed by atoms with E-state index in [9.17, 15) is 4.79 Å². The van der Waals surface area contributed by atoms with Gasteiger partial charge in [-0.15, -0.1) is 0 Å². The maximum absolute atomic E-state index is 11.9. The molecule has 0 heterocycles. The third-order valence-electron chi connectivity index (χ3n) is 3.15. The van der Waals surface area contributed by atoms with Crippen LogP contribution in [0.1, 0.15) is 11.1 Å². The number of carbonyl (C=O) groups excluding carboxylic acids is 1. The number of benzene rings is 2. The number of thioether (sulfide) groups is 1. The summed E-state index contributed by atoms with van der Waals surface area (Å²) in [6.07, 6.45) is 0.195. The monoisotopic (exact) mass is 387 g/mol. The minimum Gasteiger partial charge on any atom is -0.355 e. The first kappa shape index (κ1) is 18.5. The van der Waals surface area contributed by atoms with Crippen LogP contribution in [0, 0.1) is 0 Å². The summed E-state index contributed by atoms with van der Waals surface area (Å²) < 4.78 is 0. The van der Waals surface area contributed by atoms with E-state index in [-0.39, 0.29) is 12.3 Å². The topological polar surface area (TPSA) is 29.1 Å². The van der Waals surface area contributed by atoms with Gasteiger partial charge in [0.15, 0.2) is 0 Å². The SMILES string of the molecule is O=C(Cc1c(Cl)cccc1Cl)NCCSCc1ccc(Cl)cc1. The largest absolute Gasteiger partial charge is 0.355 e. The lowest BCUT2D eigenvalue weighted by molar-refractivity contribution is -0.120. The Labute approximate surface area is 155 Å². The molecular formula is C17H16Cl3NOS. The van der Waals surface area contributed by atoms with Crippen molar-refractivity contribution in [2.45, 2.75) is 12.2 Å². The highest BCUT2D eigenvalue weighted by molar-refractivity contribution is 7.98. The average Bonchev–Trinajstić information content (AvgIpc) is 2.52. The quantitative estimate of drug-likeness (QED) is 0.657. The minimum absolute atomic E-state index is 0.0768. The number of hydrogen-bond donors (Lipinski definition) is 1. The van der Waals surface area contributed by atoms with Crippen molar-refractivity contribution in [1.29, 1.82) is 0 Å². The highest BCUT2D eigenvalue weighted by Gasteiger charge is 2.10. The molecule has 2 nitrogen and oxygen atoms in total. The van der Waals surface area contributed by atoms with Crippen molar-refractivity contribution in [2.24, 2.45) is 0 Å². The number of hydrogen-bond acceptors (Lipinski definition) is 2. The van der Waals surface area contributed by atoms with E-state index in [1.54, 1.807) is 30.0 Å². The van der Waals surface area contributed by atoms with Crippen LogP contribution in [0.2, 0.25) is 15.1 Å². The van der Waals surface area contributed by atoms with Gasteiger partial charge in [-0.25, -0.2) is 0 Å². The molecule has 0 atom stereocenters. The molecule has 2 aromatic rings. The van der Waals surface area contributed by atoms with Gasteiger partial charge in [0, 0.05) is 33.1 Å². The average molecular weight is 389 g/mol. The summed E-state index contributed by atoms with van der Waals surface area (Å²) in [6, 6.07) is 13.0. The minimum atomic E-state index is -0.0768. The number of carbonyl (C=O) groups is 1. The predicted octanol–water partition coefficient (Wildman–Crippen LogP) is 5.24. The maximum Gasteiger partial charge on any atom is 0.224 e. The zero-order valence-corrected chi connectivity index (χ0v) is 15.4. The second-order valence-corrected chi connectivity index (χ2v) is 7.26. The van der Waals surface area contributed by atoms with Crippen molar-refractivity contribution >= 4 is 52.5 Å². The molecule has 0 bridgehead atoms. The second-order valence-electron chi connectivity index (χ2n) is 4.91. The molecule has 0 unspecified atom stereocenters. The van der Waals surface area contributed by atoms with E-state index in [0.29, 0.717) is 22.2 Å². The summed E-state index contributed by atoms with van der Waals surface area (Å²) >= 11 is 19.7. The van der Waals surface area contributed by atoms with E-state index in [1.165, 1.54) is 5.56 Å². The summed E-state index contributed by atoms with van der Waals surface area (Å²) in [5, 5.41) is 4.66. The number of rotatable bonds is 7. The van der Waals surface area contributed by atoms with Crippen LogP contribution in [0.5, 0.6) is 0 Å². The number of nitrogens with one attached hydrogen (secondary N) is 1. The molecule has 6 heteroatoms. The fourth-order valence-electron chi connectivity index (χ4n) is 1.96. The summed E-state index contributed by atoms with van der Waals surface area (Å²) in [6.45, 7) is 0.610. The van der Waals surface area contributed by atoms with Crippen molar-refractivity contribution in [3.8, 4) is 0 Å². The van der Waals surface area contributed by atoms with Crippen LogP contribution >= 0.6 is 46.6 Å². The zero-order chi connectivity index (χ0) is 16.7. The van der Waals surface area contributed by atoms with Gasteiger partial charge < -0.3 is 5.32 Å². The van der Waals surface area contributed by atoms with Gasteiger partial charge in [0.25, 0.3) is 0 Å². The predicted molar refractivity (Wildman–Crippen MR) is 101 cm³/mol. The van der Waals surface area contributed by atoms with Crippen LogP contribution < -0.4 is 5.32 Å². The normalized spacial score (nSPS) is 10.6. The smallest absolute Gasteiger partial charge is 0.224 e. The van der Waals surface area contributed by atoms with Crippen molar-refractivity contribution < 1.29 is 4.79 Å². The standard InChI is InChI=1S/C17H16Cl3NOS/c18-13-6-4-12(5-7-13)11-23-9-8-21-17(22)10-14-15(19)2-1-3-16(14)20/h1-7H,8-11H2,(H,21,22). The summed E-state index contributed by atoms with van der Waals surface area (Å²) in [7, 11) is 0. The van der Waals surface area contributed by atoms with Gasteiger partial charge in [-0.3, -0.25) is 4.79 Å². The fourth-order valence-corrected chi connectivity index (χ4v) is 3.43. The lowest BCUT2D eigenvalue weighted by Crippen LogP contribution is -2.27. The van der Waals surface area contributed by atoms with Crippen LogP contribution in [0.15, 0.2) is 42.5 Å². The maximum atomic E-state index is 11.9. The van der Waals surface area contributed by atoms with E-state index in [0.717, 1.165) is 16.5 Å². The van der Waals surface area contributed by atoms with Crippen molar-refractivity contribution in [3.05, 3.63) is 68.7 Å². The molecule has 0 aliphatic rings. The third kappa shape index (κ3) is 6.27. The Morgan fingerprint density at radius 2 is 1.65 bits per heavy atom. The Morgan fingerprint density at radius 1 is 1.00 bits per heavy atom. The Kier molecular flexibility index (Phi) is 7.57. The number of amides is 1. The molecule has 1 amide bonds. The molecule has 0 aliphatic carbocycles. The van der Waals surface area contributed by atoms with E-state index >= 15 is 0 Å². The molecule has 0 radical (unpaired) electrons. The molecule has 23 heavy (non-hydrogen) atoms. The first-order chi connectivity index (χ1) is 11.1. The highest BCUT2D eigenvalue weighted by atomic mass is 35.5. The van der Waals surface area contributed by atoms with Gasteiger partial charge in [-0.05, 0) is 35.4 Å². The number of halogens is 3. The molecule has 0 aliphatic heterocycles. The van der Waals surface area contributed by atoms with Gasteiger partial charge in [-0.2, -0.15) is 11.8 Å². The molecule has 2 rings (SSSR count). The van der Waals surface area contributed by atoms with Crippen molar-refractivity contribution in [2.75, 3.05) is 12.3 Å². The van der Waals surface area contributed by atoms with Gasteiger partial charge >= 0.3 is 0 Å². The van der Waals surface area contributed by atoms with E-state index < -0.39 is 0 Å². The lowest BCUT2D eigenvalue weighted by atomic mass is 10.1. The van der Waals surface area contributed by atoms with Crippen molar-refractivity contribution in [3.63, 3.8) is 0 Å². The Bertz CT molecular complexity index is 641. The molecule has 1 N–H and O–H groups in total. The Morgan fingerprint density at radius 3 is 2.30 bits per heavy atom. The second kappa shape index (κ2) is 9.43. The van der Waals surface area contributed by atoms with Crippen LogP contribution in [0.4, 0.5) is 0 Å². The van der Waals surface area contributed by atoms with E-state index in [2.05, 4.69) is 5.32 Å². The van der Waals surface area contributed by atoms with Crippen molar-refractivity contribution in [1.82, 2.24) is 5.32 Å². The third-order valence-corrected chi connectivity index (χ3v) is 5.14. The molecule has 2 aromatic carbocycles. The fraction of sp³-hybridized carbons (Fsp3) is 0.235. The molecule has 0 fully saturated rings. The molecule has 0 saturated carbocycles. The van der Waals surface area contributed by atoms with Crippen LogP contribution in [-0.4, -0.2) is 18.2 Å². The molecule has 0 aromatic heterocycles. The molecule has 122 valence electrons. The highest BCUT2D eigenvalue weighted by Crippen LogP contribution is 2.24.